The van der Waals surface area contributed by atoms with Crippen molar-refractivity contribution < 1.29 is 4.39 Å². The van der Waals surface area contributed by atoms with Gasteiger partial charge in [-0.2, -0.15) is 5.11 Å². The van der Waals surface area contributed by atoms with E-state index in [9.17, 15) is 4.39 Å². The van der Waals surface area contributed by atoms with E-state index in [2.05, 4.69) is 40.4 Å². The molecule has 0 aliphatic carbocycles. The summed E-state index contributed by atoms with van der Waals surface area (Å²) in [5.74, 6) is -0.278. The van der Waals surface area contributed by atoms with Gasteiger partial charge in [-0.3, -0.25) is 0 Å². The Morgan fingerprint density at radius 2 is 1.56 bits per heavy atom. The van der Waals surface area contributed by atoms with Gasteiger partial charge in [0.15, 0.2) is 0 Å². The van der Waals surface area contributed by atoms with Crippen LogP contribution in [0.5, 0.6) is 0 Å². The molecule has 0 amide bonds. The average molecular weight is 364 g/mol. The van der Waals surface area contributed by atoms with Crippen LogP contribution in [0, 0.1) is 5.82 Å². The zero-order chi connectivity index (χ0) is 19.1. The van der Waals surface area contributed by atoms with Crippen molar-refractivity contribution in [1.82, 2.24) is 4.90 Å². The Kier molecular flexibility index (Phi) is 6.49. The molecule has 0 atom stereocenters. The number of rotatable bonds is 8. The molecule has 0 saturated carbocycles. The zero-order valence-electron chi connectivity index (χ0n) is 15.8. The molecule has 27 heavy (non-hydrogen) atoms. The van der Waals surface area contributed by atoms with Gasteiger partial charge in [0.05, 0.1) is 11.4 Å². The summed E-state index contributed by atoms with van der Waals surface area (Å²) in [7, 11) is 0. The summed E-state index contributed by atoms with van der Waals surface area (Å²) in [6.07, 6.45) is 0. The number of nitrogens with one attached hydrogen (secondary N) is 1. The van der Waals surface area contributed by atoms with E-state index in [1.165, 1.54) is 12.1 Å². The maximum absolute atomic E-state index is 13.0. The van der Waals surface area contributed by atoms with E-state index in [0.717, 1.165) is 48.3 Å². The Morgan fingerprint density at radius 3 is 2.26 bits per heavy atom. The molecule has 0 bridgehead atoms. The lowest BCUT2D eigenvalue weighted by molar-refractivity contribution is 0.316. The summed E-state index contributed by atoms with van der Waals surface area (Å²) in [6, 6.07) is 18.2. The first-order valence-corrected chi connectivity index (χ1v) is 9.36. The normalized spacial score (nSPS) is 11.6. The van der Waals surface area contributed by atoms with Crippen molar-refractivity contribution in [2.45, 2.75) is 13.8 Å². The van der Waals surface area contributed by atoms with E-state index in [4.69, 9.17) is 0 Å². The van der Waals surface area contributed by atoms with Crippen LogP contribution in [0.2, 0.25) is 0 Å². The number of benzene rings is 3. The van der Waals surface area contributed by atoms with E-state index in [-0.39, 0.29) is 5.82 Å². The standard InChI is InChI=1S/C22H25FN4/c1-3-27(4-2)16-15-24-21-13-14-22(20-8-6-5-7-19(20)21)26-25-18-11-9-17(23)10-12-18/h5-14,24H,3-4,15-16H2,1-2H3. The van der Waals surface area contributed by atoms with Gasteiger partial charge >= 0.3 is 0 Å². The summed E-state index contributed by atoms with van der Waals surface area (Å²) < 4.78 is 13.0. The Balaban J connectivity index is 1.81. The third-order valence-electron chi connectivity index (χ3n) is 4.64. The second-order valence-electron chi connectivity index (χ2n) is 6.31. The monoisotopic (exact) mass is 364 g/mol. The molecule has 0 saturated heterocycles. The molecule has 5 heteroatoms. The number of azo groups is 1. The van der Waals surface area contributed by atoms with Crippen molar-refractivity contribution in [3.05, 3.63) is 66.5 Å². The molecule has 3 rings (SSSR count). The van der Waals surface area contributed by atoms with Crippen LogP contribution in [-0.4, -0.2) is 31.1 Å². The third kappa shape index (κ3) is 4.89. The summed E-state index contributed by atoms with van der Waals surface area (Å²) in [6.45, 7) is 8.37. The molecule has 0 aliphatic rings. The molecule has 140 valence electrons. The molecule has 0 aliphatic heterocycles. The lowest BCUT2D eigenvalue weighted by atomic mass is 10.1. The first-order chi connectivity index (χ1) is 13.2. The van der Waals surface area contributed by atoms with Gasteiger partial charge in [-0.25, -0.2) is 4.39 Å². The van der Waals surface area contributed by atoms with E-state index in [0.29, 0.717) is 5.69 Å². The van der Waals surface area contributed by atoms with Crippen LogP contribution in [0.3, 0.4) is 0 Å². The van der Waals surface area contributed by atoms with Crippen molar-refractivity contribution in [3.63, 3.8) is 0 Å². The highest BCUT2D eigenvalue weighted by Crippen LogP contribution is 2.32. The highest BCUT2D eigenvalue weighted by molar-refractivity contribution is 6.00. The molecule has 0 heterocycles. The smallest absolute Gasteiger partial charge is 0.123 e. The van der Waals surface area contributed by atoms with Gasteiger partial charge < -0.3 is 10.2 Å². The van der Waals surface area contributed by atoms with Crippen LogP contribution in [0.25, 0.3) is 10.8 Å². The van der Waals surface area contributed by atoms with Crippen LogP contribution < -0.4 is 5.32 Å². The summed E-state index contributed by atoms with van der Waals surface area (Å²) in [5.41, 5.74) is 2.52. The number of nitrogens with zero attached hydrogens (tertiary/aromatic N) is 3. The minimum Gasteiger partial charge on any atom is -0.383 e. The van der Waals surface area contributed by atoms with E-state index in [1.807, 2.05) is 30.3 Å². The van der Waals surface area contributed by atoms with Gasteiger partial charge in [-0.15, -0.1) is 5.11 Å². The number of likely N-dealkylation sites (N-methyl/N-ethyl adjacent to an activating group) is 1. The van der Waals surface area contributed by atoms with Gasteiger partial charge in [-0.1, -0.05) is 38.1 Å². The first-order valence-electron chi connectivity index (χ1n) is 9.36. The lowest BCUT2D eigenvalue weighted by Crippen LogP contribution is -2.28. The molecule has 0 spiro atoms. The second kappa shape index (κ2) is 9.24. The minimum atomic E-state index is -0.278. The van der Waals surface area contributed by atoms with E-state index >= 15 is 0 Å². The predicted molar refractivity (Wildman–Crippen MR) is 111 cm³/mol. The fraction of sp³-hybridized carbons (Fsp3) is 0.273. The summed E-state index contributed by atoms with van der Waals surface area (Å²) in [5, 5.41) is 14.3. The molecule has 4 nitrogen and oxygen atoms in total. The fourth-order valence-electron chi connectivity index (χ4n) is 3.03. The van der Waals surface area contributed by atoms with Gasteiger partial charge in [0.2, 0.25) is 0 Å². The van der Waals surface area contributed by atoms with Gasteiger partial charge in [0, 0.05) is 29.5 Å². The summed E-state index contributed by atoms with van der Waals surface area (Å²) in [4.78, 5) is 2.39. The Bertz CT molecular complexity index is 902. The number of halogens is 1. The quantitative estimate of drug-likeness (QED) is 0.487. The van der Waals surface area contributed by atoms with Gasteiger partial charge in [0.25, 0.3) is 0 Å². The van der Waals surface area contributed by atoms with Gasteiger partial charge in [0.1, 0.15) is 5.82 Å². The molecule has 0 aromatic heterocycles. The van der Waals surface area contributed by atoms with Crippen LogP contribution >= 0.6 is 0 Å². The highest BCUT2D eigenvalue weighted by Gasteiger charge is 2.06. The van der Waals surface area contributed by atoms with Gasteiger partial charge in [-0.05, 0) is 49.5 Å². The molecule has 0 unspecified atom stereocenters. The molecular formula is C22H25FN4. The Hall–Kier alpha value is -2.79. The van der Waals surface area contributed by atoms with Crippen LogP contribution in [0.4, 0.5) is 21.5 Å². The maximum Gasteiger partial charge on any atom is 0.123 e. The van der Waals surface area contributed by atoms with Crippen LogP contribution in [0.1, 0.15) is 13.8 Å². The van der Waals surface area contributed by atoms with Crippen LogP contribution in [-0.2, 0) is 0 Å². The lowest BCUT2D eigenvalue weighted by Gasteiger charge is -2.19. The topological polar surface area (TPSA) is 40.0 Å². The Morgan fingerprint density at radius 1 is 0.852 bits per heavy atom. The van der Waals surface area contributed by atoms with Crippen molar-refractivity contribution in [2.75, 3.05) is 31.5 Å². The third-order valence-corrected chi connectivity index (χ3v) is 4.64. The van der Waals surface area contributed by atoms with Crippen molar-refractivity contribution in [1.29, 1.82) is 0 Å². The van der Waals surface area contributed by atoms with Crippen molar-refractivity contribution in [2.24, 2.45) is 10.2 Å². The number of hydrogen-bond acceptors (Lipinski definition) is 4. The minimum absolute atomic E-state index is 0.278. The number of anilines is 1. The highest BCUT2D eigenvalue weighted by atomic mass is 19.1. The molecule has 1 N–H and O–H groups in total. The van der Waals surface area contributed by atoms with E-state index < -0.39 is 0 Å². The van der Waals surface area contributed by atoms with Crippen LogP contribution in [0.15, 0.2) is 70.9 Å². The fourth-order valence-corrected chi connectivity index (χ4v) is 3.03. The SMILES string of the molecule is CCN(CC)CCNc1ccc(N=Nc2ccc(F)cc2)c2ccccc12. The molecule has 3 aromatic carbocycles. The van der Waals surface area contributed by atoms with Crippen molar-refractivity contribution in [3.8, 4) is 0 Å². The number of fused-ring (bicyclic) bond motifs is 1. The van der Waals surface area contributed by atoms with Crippen molar-refractivity contribution >= 4 is 27.8 Å². The number of hydrogen-bond donors (Lipinski definition) is 1. The zero-order valence-corrected chi connectivity index (χ0v) is 15.8. The molecule has 3 aromatic rings. The largest absolute Gasteiger partial charge is 0.383 e. The molecule has 0 radical (unpaired) electrons. The molecule has 0 fully saturated rings. The Labute approximate surface area is 159 Å². The summed E-state index contributed by atoms with van der Waals surface area (Å²) >= 11 is 0. The average Bonchev–Trinajstić information content (AvgIpc) is 2.71. The molecular weight excluding hydrogens is 339 g/mol. The predicted octanol–water partition coefficient (Wildman–Crippen LogP) is 6.15. The first kappa shape index (κ1) is 19.0. The second-order valence-corrected chi connectivity index (χ2v) is 6.31. The maximum atomic E-state index is 13.0. The van der Waals surface area contributed by atoms with E-state index in [1.54, 1.807) is 12.1 Å².